The maximum atomic E-state index is 12.6. The molecule has 2 aromatic heterocycles. The predicted molar refractivity (Wildman–Crippen MR) is 134 cm³/mol. The first-order valence-corrected chi connectivity index (χ1v) is 12.3. The second kappa shape index (κ2) is 10.7. The number of furan rings is 1. The number of amides is 2. The van der Waals surface area contributed by atoms with Gasteiger partial charge >= 0.3 is 17.7 Å². The first-order chi connectivity index (χ1) is 17.4. The summed E-state index contributed by atoms with van der Waals surface area (Å²) in [6.45, 7) is 1.80. The molecule has 36 heavy (non-hydrogen) atoms. The van der Waals surface area contributed by atoms with E-state index < -0.39 is 5.91 Å². The number of rotatable bonds is 7. The van der Waals surface area contributed by atoms with E-state index in [9.17, 15) is 9.59 Å². The summed E-state index contributed by atoms with van der Waals surface area (Å²) in [4.78, 5) is 25.0. The lowest BCUT2D eigenvalue weighted by Crippen LogP contribution is -2.47. The second-order valence-corrected chi connectivity index (χ2v) is 9.55. The number of hydrazine groups is 1. The van der Waals surface area contributed by atoms with Gasteiger partial charge in [0.2, 0.25) is 5.89 Å². The summed E-state index contributed by atoms with van der Waals surface area (Å²) < 4.78 is 11.1. The Hall–Kier alpha value is -3.40. The van der Waals surface area contributed by atoms with Crippen LogP contribution >= 0.6 is 23.2 Å². The van der Waals surface area contributed by atoms with E-state index in [1.54, 1.807) is 36.4 Å². The van der Waals surface area contributed by atoms with Crippen molar-refractivity contribution >= 4 is 46.0 Å². The number of nitrogens with one attached hydrogen (secondary N) is 2. The first kappa shape index (κ1) is 24.3. The van der Waals surface area contributed by atoms with Crippen molar-refractivity contribution < 1.29 is 18.4 Å². The van der Waals surface area contributed by atoms with Gasteiger partial charge in [0.25, 0.3) is 0 Å². The number of hydrogen-bond donors (Lipinski definition) is 2. The Morgan fingerprint density at radius 2 is 1.69 bits per heavy atom. The molecule has 11 heteroatoms. The van der Waals surface area contributed by atoms with Gasteiger partial charge < -0.3 is 14.2 Å². The highest BCUT2D eigenvalue weighted by Crippen LogP contribution is 2.23. The number of nitrogens with zero attached hydrogens (tertiary/aromatic N) is 3. The molecule has 186 valence electrons. The van der Waals surface area contributed by atoms with E-state index in [-0.39, 0.29) is 23.5 Å². The number of hydrogen-bond acceptors (Lipinski definition) is 7. The molecule has 1 aliphatic heterocycles. The largest absolute Gasteiger partial charge is 0.451 e. The highest BCUT2D eigenvalue weighted by atomic mass is 35.5. The van der Waals surface area contributed by atoms with Crippen LogP contribution in [0.2, 0.25) is 10.0 Å². The number of carbonyl (C=O) groups excluding carboxylic acids is 2. The van der Waals surface area contributed by atoms with Crippen LogP contribution in [0.15, 0.2) is 57.4 Å². The van der Waals surface area contributed by atoms with Crippen LogP contribution in [0.1, 0.15) is 45.5 Å². The number of fused-ring (bicyclic) bond motifs is 1. The molecule has 2 amide bonds. The summed E-state index contributed by atoms with van der Waals surface area (Å²) in [6, 6.07) is 14.2. The first-order valence-electron chi connectivity index (χ1n) is 11.5. The highest BCUT2D eigenvalue weighted by Gasteiger charge is 2.24. The molecule has 1 fully saturated rings. The summed E-state index contributed by atoms with van der Waals surface area (Å²) in [5.41, 5.74) is 4.45. The quantitative estimate of drug-likeness (QED) is 0.363. The lowest BCUT2D eigenvalue weighted by atomic mass is 9.98. The Labute approximate surface area is 216 Å². The standard InChI is InChI=1S/C25H23Cl2N5O4/c26-18-3-1-15(2-4-18)11-22-29-30-25(36-22)24(34)28-14-16-7-9-32(10-8-16)31-23(33)21-13-17-12-19(27)5-6-20(17)35-21/h1-6,12-13,16H,7-11,14H2,(H,28,34)(H,31,33). The summed E-state index contributed by atoms with van der Waals surface area (Å²) in [5.74, 6) is 0.101. The Kier molecular flexibility index (Phi) is 7.22. The predicted octanol–water partition coefficient (Wildman–Crippen LogP) is 4.50. The van der Waals surface area contributed by atoms with Crippen molar-refractivity contribution in [3.05, 3.63) is 81.7 Å². The van der Waals surface area contributed by atoms with Crippen molar-refractivity contribution in [2.45, 2.75) is 19.3 Å². The zero-order chi connectivity index (χ0) is 25.1. The number of benzene rings is 2. The van der Waals surface area contributed by atoms with Gasteiger partial charge in [0, 0.05) is 35.1 Å². The van der Waals surface area contributed by atoms with Crippen LogP contribution in [0, 0.1) is 5.92 Å². The smallest absolute Gasteiger partial charge is 0.308 e. The Morgan fingerprint density at radius 3 is 2.47 bits per heavy atom. The molecule has 0 unspecified atom stereocenters. The molecule has 1 aliphatic rings. The summed E-state index contributed by atoms with van der Waals surface area (Å²) >= 11 is 11.9. The van der Waals surface area contributed by atoms with E-state index in [1.807, 2.05) is 17.1 Å². The van der Waals surface area contributed by atoms with Crippen molar-refractivity contribution in [1.29, 1.82) is 0 Å². The molecule has 0 aliphatic carbocycles. The molecule has 0 saturated carbocycles. The van der Waals surface area contributed by atoms with Crippen molar-refractivity contribution in [2.75, 3.05) is 19.6 Å². The van der Waals surface area contributed by atoms with Gasteiger partial charge in [0.05, 0.1) is 6.42 Å². The Balaban J connectivity index is 1.06. The van der Waals surface area contributed by atoms with Gasteiger partial charge in [-0.05, 0) is 60.7 Å². The average molecular weight is 528 g/mol. The van der Waals surface area contributed by atoms with Gasteiger partial charge in [-0.1, -0.05) is 35.3 Å². The van der Waals surface area contributed by atoms with Gasteiger partial charge in [0.15, 0.2) is 5.76 Å². The molecular formula is C25H23Cl2N5O4. The van der Waals surface area contributed by atoms with Gasteiger partial charge in [-0.15, -0.1) is 10.2 Å². The summed E-state index contributed by atoms with van der Waals surface area (Å²) in [5, 5.41) is 14.6. The van der Waals surface area contributed by atoms with Crippen molar-refractivity contribution in [3.8, 4) is 0 Å². The summed E-state index contributed by atoms with van der Waals surface area (Å²) in [6.07, 6.45) is 2.04. The molecule has 0 spiro atoms. The van der Waals surface area contributed by atoms with Crippen LogP contribution in [0.4, 0.5) is 0 Å². The van der Waals surface area contributed by atoms with E-state index in [2.05, 4.69) is 20.9 Å². The molecule has 0 radical (unpaired) electrons. The molecule has 9 nitrogen and oxygen atoms in total. The van der Waals surface area contributed by atoms with Crippen molar-refractivity contribution in [3.63, 3.8) is 0 Å². The molecular weight excluding hydrogens is 505 g/mol. The molecule has 2 aromatic carbocycles. The van der Waals surface area contributed by atoms with Gasteiger partial charge in [-0.2, -0.15) is 0 Å². The minimum atomic E-state index is -0.398. The van der Waals surface area contributed by atoms with E-state index >= 15 is 0 Å². The van der Waals surface area contributed by atoms with Crippen molar-refractivity contribution in [2.24, 2.45) is 5.92 Å². The topological polar surface area (TPSA) is 114 Å². The number of halogens is 2. The van der Waals surface area contributed by atoms with Crippen LogP contribution in [-0.4, -0.2) is 46.7 Å². The van der Waals surface area contributed by atoms with E-state index in [4.69, 9.17) is 32.0 Å². The maximum Gasteiger partial charge on any atom is 0.308 e. The molecule has 2 N–H and O–H groups in total. The van der Waals surface area contributed by atoms with Crippen LogP contribution < -0.4 is 10.7 Å². The SMILES string of the molecule is O=C(NN1CCC(CNC(=O)c2nnc(Cc3ccc(Cl)cc3)o2)CC1)c1cc2cc(Cl)ccc2o1. The van der Waals surface area contributed by atoms with Gasteiger partial charge in [0.1, 0.15) is 5.58 Å². The Bertz CT molecular complexity index is 1380. The molecule has 0 bridgehead atoms. The van der Waals surface area contributed by atoms with Crippen LogP contribution in [0.25, 0.3) is 11.0 Å². The normalized spacial score (nSPS) is 14.7. The monoisotopic (exact) mass is 527 g/mol. The molecule has 5 rings (SSSR count). The van der Waals surface area contributed by atoms with Crippen molar-refractivity contribution in [1.82, 2.24) is 25.9 Å². The molecule has 3 heterocycles. The number of aromatic nitrogens is 2. The van der Waals surface area contributed by atoms with Crippen LogP contribution in [-0.2, 0) is 6.42 Å². The average Bonchev–Trinajstić information content (AvgIpc) is 3.52. The zero-order valence-electron chi connectivity index (χ0n) is 19.2. The third-order valence-electron chi connectivity index (χ3n) is 6.06. The highest BCUT2D eigenvalue weighted by molar-refractivity contribution is 6.31. The molecule has 0 atom stereocenters. The lowest BCUT2D eigenvalue weighted by molar-refractivity contribution is 0.0673. The fourth-order valence-electron chi connectivity index (χ4n) is 4.08. The van der Waals surface area contributed by atoms with Gasteiger partial charge in [-0.3, -0.25) is 15.0 Å². The summed E-state index contributed by atoms with van der Waals surface area (Å²) in [7, 11) is 0. The molecule has 1 saturated heterocycles. The zero-order valence-corrected chi connectivity index (χ0v) is 20.7. The van der Waals surface area contributed by atoms with Crippen LogP contribution in [0.3, 0.4) is 0 Å². The van der Waals surface area contributed by atoms with E-state index in [0.29, 0.717) is 47.6 Å². The molecule has 4 aromatic rings. The number of carbonyl (C=O) groups is 2. The third kappa shape index (κ3) is 5.87. The second-order valence-electron chi connectivity index (χ2n) is 8.68. The lowest BCUT2D eigenvalue weighted by Gasteiger charge is -2.31. The third-order valence-corrected chi connectivity index (χ3v) is 6.54. The van der Waals surface area contributed by atoms with E-state index in [0.717, 1.165) is 23.8 Å². The number of piperidine rings is 1. The van der Waals surface area contributed by atoms with Crippen LogP contribution in [0.5, 0.6) is 0 Å². The fourth-order valence-corrected chi connectivity index (χ4v) is 4.39. The minimum absolute atomic E-state index is 0.0595. The fraction of sp³-hybridized carbons (Fsp3) is 0.280. The van der Waals surface area contributed by atoms with Gasteiger partial charge in [-0.25, -0.2) is 5.01 Å². The minimum Gasteiger partial charge on any atom is -0.451 e. The maximum absolute atomic E-state index is 12.6. The van der Waals surface area contributed by atoms with E-state index in [1.165, 1.54) is 0 Å². The Morgan fingerprint density at radius 1 is 0.944 bits per heavy atom.